The normalized spacial score (nSPS) is 13.3. The van der Waals surface area contributed by atoms with Crippen LogP contribution in [-0.2, 0) is 0 Å². The van der Waals surface area contributed by atoms with Crippen LogP contribution in [0.1, 0.15) is 26.3 Å². The first-order valence-electron chi connectivity index (χ1n) is 6.49. The fourth-order valence-electron chi connectivity index (χ4n) is 2.40. The first-order valence-corrected chi connectivity index (χ1v) is 7.57. The van der Waals surface area contributed by atoms with Gasteiger partial charge in [0.25, 0.3) is 0 Å². The smallest absolute Gasteiger partial charge is 0.197 e. The zero-order valence-corrected chi connectivity index (χ0v) is 13.7. The third-order valence-electron chi connectivity index (χ3n) is 3.49. The summed E-state index contributed by atoms with van der Waals surface area (Å²) in [5.41, 5.74) is 1.62. The lowest BCUT2D eigenvalue weighted by atomic mass is 10.1. The van der Waals surface area contributed by atoms with Crippen molar-refractivity contribution in [1.82, 2.24) is 0 Å². The summed E-state index contributed by atoms with van der Waals surface area (Å²) in [6, 6.07) is 10.1. The van der Waals surface area contributed by atoms with E-state index in [1.807, 2.05) is 22.6 Å². The predicted molar refractivity (Wildman–Crippen MR) is 90.5 cm³/mol. The van der Waals surface area contributed by atoms with Crippen molar-refractivity contribution in [2.75, 3.05) is 7.11 Å². The fraction of sp³-hybridized carbons (Fsp3) is 0.0588. The number of ether oxygens (including phenoxy) is 1. The summed E-state index contributed by atoms with van der Waals surface area (Å²) in [5, 5.41) is 9.84. The van der Waals surface area contributed by atoms with Gasteiger partial charge in [0.1, 0.15) is 0 Å². The van der Waals surface area contributed by atoms with Crippen LogP contribution in [0.15, 0.2) is 42.0 Å². The van der Waals surface area contributed by atoms with Crippen molar-refractivity contribution in [3.63, 3.8) is 0 Å². The number of Topliss-reactive ketones (excluding diaryl/α,β-unsaturated/α-hetero) is 2. The maximum absolute atomic E-state index is 12.3. The number of hydrogen-bond acceptors (Lipinski definition) is 4. The van der Waals surface area contributed by atoms with E-state index in [0.29, 0.717) is 26.0 Å². The first kappa shape index (κ1) is 14.8. The van der Waals surface area contributed by atoms with E-state index in [1.165, 1.54) is 13.2 Å². The summed E-state index contributed by atoms with van der Waals surface area (Å²) in [4.78, 5) is 24.7. The minimum Gasteiger partial charge on any atom is -0.504 e. The van der Waals surface area contributed by atoms with Crippen molar-refractivity contribution in [2.45, 2.75) is 0 Å². The topological polar surface area (TPSA) is 63.6 Å². The molecule has 0 radical (unpaired) electrons. The Hall–Kier alpha value is -2.15. The van der Waals surface area contributed by atoms with E-state index in [-0.39, 0.29) is 22.9 Å². The SMILES string of the molecule is COc1cc(C=C2C(=O)c3ccccc3C2=O)cc(I)c1O. The summed E-state index contributed by atoms with van der Waals surface area (Å²) < 4.78 is 5.68. The summed E-state index contributed by atoms with van der Waals surface area (Å²) in [7, 11) is 1.45. The second-order valence-electron chi connectivity index (χ2n) is 4.82. The lowest BCUT2D eigenvalue weighted by Crippen LogP contribution is -2.00. The summed E-state index contributed by atoms with van der Waals surface area (Å²) in [6.45, 7) is 0. The number of carbonyl (C=O) groups excluding carboxylic acids is 2. The Bertz CT molecular complexity index is 800. The van der Waals surface area contributed by atoms with Gasteiger partial charge >= 0.3 is 0 Å². The highest BCUT2D eigenvalue weighted by Gasteiger charge is 2.32. The first-order chi connectivity index (χ1) is 10.5. The van der Waals surface area contributed by atoms with Crippen LogP contribution in [0.2, 0.25) is 0 Å². The second-order valence-corrected chi connectivity index (χ2v) is 5.98. The van der Waals surface area contributed by atoms with Crippen molar-refractivity contribution in [1.29, 1.82) is 0 Å². The molecule has 0 heterocycles. The Morgan fingerprint density at radius 3 is 2.23 bits per heavy atom. The number of aromatic hydroxyl groups is 1. The zero-order valence-electron chi connectivity index (χ0n) is 11.6. The van der Waals surface area contributed by atoms with Gasteiger partial charge in [-0.25, -0.2) is 0 Å². The highest BCUT2D eigenvalue weighted by Crippen LogP contribution is 2.34. The zero-order chi connectivity index (χ0) is 15.9. The molecule has 110 valence electrons. The molecule has 22 heavy (non-hydrogen) atoms. The Morgan fingerprint density at radius 2 is 1.68 bits per heavy atom. The van der Waals surface area contributed by atoms with Crippen molar-refractivity contribution in [3.8, 4) is 11.5 Å². The second kappa shape index (κ2) is 5.57. The Kier molecular flexibility index (Phi) is 3.74. The van der Waals surface area contributed by atoms with Crippen LogP contribution in [0.4, 0.5) is 0 Å². The van der Waals surface area contributed by atoms with E-state index in [2.05, 4.69) is 0 Å². The number of methoxy groups -OCH3 is 1. The van der Waals surface area contributed by atoms with Gasteiger partial charge in [0.2, 0.25) is 0 Å². The molecule has 3 rings (SSSR count). The minimum absolute atomic E-state index is 0.0395. The van der Waals surface area contributed by atoms with E-state index in [1.54, 1.807) is 36.4 Å². The molecule has 0 unspecified atom stereocenters. The maximum Gasteiger partial charge on any atom is 0.197 e. The molecule has 2 aromatic rings. The number of phenols is 1. The Morgan fingerprint density at radius 1 is 1.09 bits per heavy atom. The number of fused-ring (bicyclic) bond motifs is 1. The highest BCUT2D eigenvalue weighted by atomic mass is 127. The van der Waals surface area contributed by atoms with Crippen molar-refractivity contribution < 1.29 is 19.4 Å². The van der Waals surface area contributed by atoms with Gasteiger partial charge in [-0.05, 0) is 46.4 Å². The Balaban J connectivity index is 2.10. The largest absolute Gasteiger partial charge is 0.504 e. The minimum atomic E-state index is -0.275. The lowest BCUT2D eigenvalue weighted by Gasteiger charge is -2.07. The van der Waals surface area contributed by atoms with Gasteiger partial charge in [-0.3, -0.25) is 9.59 Å². The number of ketones is 2. The molecule has 1 aliphatic rings. The highest BCUT2D eigenvalue weighted by molar-refractivity contribution is 14.1. The number of hydrogen-bond donors (Lipinski definition) is 1. The molecule has 0 aromatic heterocycles. The van der Waals surface area contributed by atoms with E-state index in [4.69, 9.17) is 4.74 Å². The molecule has 0 fully saturated rings. The third-order valence-corrected chi connectivity index (χ3v) is 4.31. The van der Waals surface area contributed by atoms with E-state index in [9.17, 15) is 14.7 Å². The molecule has 4 nitrogen and oxygen atoms in total. The average Bonchev–Trinajstić information content (AvgIpc) is 2.76. The van der Waals surface area contributed by atoms with E-state index < -0.39 is 0 Å². The summed E-state index contributed by atoms with van der Waals surface area (Å²) >= 11 is 1.97. The van der Waals surface area contributed by atoms with Gasteiger partial charge in [-0.2, -0.15) is 0 Å². The third kappa shape index (κ3) is 2.31. The van der Waals surface area contributed by atoms with Crippen molar-refractivity contribution >= 4 is 40.2 Å². The standard InChI is InChI=1S/C17H11IO4/c1-22-14-8-9(7-13(18)17(14)21)6-12-15(19)10-4-2-3-5-11(10)16(12)20/h2-8,21H,1H3. The molecule has 1 N–H and O–H groups in total. The molecule has 1 aliphatic carbocycles. The van der Waals surface area contributed by atoms with Gasteiger partial charge in [-0.1, -0.05) is 24.3 Å². The molecule has 0 bridgehead atoms. The van der Waals surface area contributed by atoms with Gasteiger partial charge in [0.05, 0.1) is 16.3 Å². The number of halogens is 1. The van der Waals surface area contributed by atoms with E-state index >= 15 is 0 Å². The van der Waals surface area contributed by atoms with Crippen LogP contribution in [0.5, 0.6) is 11.5 Å². The van der Waals surface area contributed by atoms with Gasteiger partial charge in [0.15, 0.2) is 23.1 Å². The fourth-order valence-corrected chi connectivity index (χ4v) is 3.03. The van der Waals surface area contributed by atoms with Crippen LogP contribution >= 0.6 is 22.6 Å². The molecule has 0 saturated carbocycles. The van der Waals surface area contributed by atoms with Crippen LogP contribution in [0, 0.1) is 3.57 Å². The van der Waals surface area contributed by atoms with Crippen LogP contribution in [0.25, 0.3) is 6.08 Å². The van der Waals surface area contributed by atoms with Crippen molar-refractivity contribution in [2.24, 2.45) is 0 Å². The van der Waals surface area contributed by atoms with Gasteiger partial charge < -0.3 is 9.84 Å². The monoisotopic (exact) mass is 406 g/mol. The molecule has 0 amide bonds. The van der Waals surface area contributed by atoms with Crippen molar-refractivity contribution in [3.05, 3.63) is 62.2 Å². The predicted octanol–water partition coefficient (Wildman–Crippen LogP) is 3.47. The van der Waals surface area contributed by atoms with Crippen LogP contribution < -0.4 is 4.74 Å². The molecule has 0 saturated heterocycles. The molecule has 0 atom stereocenters. The Labute approximate surface area is 140 Å². The molecule has 2 aromatic carbocycles. The van der Waals surface area contributed by atoms with Crippen LogP contribution in [-0.4, -0.2) is 23.8 Å². The molecular weight excluding hydrogens is 395 g/mol. The number of allylic oxidation sites excluding steroid dienone is 1. The molecule has 0 aliphatic heterocycles. The van der Waals surface area contributed by atoms with Crippen LogP contribution in [0.3, 0.4) is 0 Å². The molecule has 0 spiro atoms. The number of benzene rings is 2. The van der Waals surface area contributed by atoms with E-state index in [0.717, 1.165) is 0 Å². The summed E-state index contributed by atoms with van der Waals surface area (Å²) in [5.74, 6) is -0.211. The quantitative estimate of drug-likeness (QED) is 0.472. The number of carbonyl (C=O) groups is 2. The summed E-state index contributed by atoms with van der Waals surface area (Å²) in [6.07, 6.45) is 1.54. The number of rotatable bonds is 2. The molecular formula is C17H11IO4. The number of phenolic OH excluding ortho intramolecular Hbond substituents is 1. The average molecular weight is 406 g/mol. The van der Waals surface area contributed by atoms with Gasteiger partial charge in [0, 0.05) is 11.1 Å². The molecule has 5 heteroatoms. The lowest BCUT2D eigenvalue weighted by molar-refractivity contribution is 0.0990. The van der Waals surface area contributed by atoms with Gasteiger partial charge in [-0.15, -0.1) is 0 Å². The maximum atomic E-state index is 12.3.